The fraction of sp³-hybridized carbons (Fsp3) is 0.568. The van der Waals surface area contributed by atoms with Gasteiger partial charge in [-0.1, -0.05) is 45.0 Å². The number of sulfonamides is 1. The van der Waals surface area contributed by atoms with Gasteiger partial charge in [0.2, 0.25) is 21.8 Å². The van der Waals surface area contributed by atoms with Gasteiger partial charge in [0.25, 0.3) is 5.91 Å². The molecular weight excluding hydrogens is 676 g/mol. The molecule has 5 bridgehead atoms. The molecule has 4 aliphatic rings. The average Bonchev–Trinajstić information content (AvgIpc) is 4.01. The van der Waals surface area contributed by atoms with E-state index in [0.29, 0.717) is 31.6 Å². The fourth-order valence-corrected chi connectivity index (χ4v) is 8.50. The number of hydrogen-bond acceptors (Lipinski definition) is 9. The van der Waals surface area contributed by atoms with E-state index in [2.05, 4.69) is 21.9 Å². The van der Waals surface area contributed by atoms with Gasteiger partial charge in [0.05, 0.1) is 25.0 Å². The number of ether oxygens (including phenoxy) is 3. The summed E-state index contributed by atoms with van der Waals surface area (Å²) in [5, 5.41) is 6.79. The van der Waals surface area contributed by atoms with Crippen LogP contribution in [0.2, 0.25) is 0 Å². The monoisotopic (exact) mass is 724 g/mol. The highest BCUT2D eigenvalue weighted by molar-refractivity contribution is 7.91. The van der Waals surface area contributed by atoms with Crippen molar-refractivity contribution >= 4 is 44.6 Å². The molecule has 2 aromatic rings. The molecule has 2 saturated carbocycles. The van der Waals surface area contributed by atoms with E-state index in [1.54, 1.807) is 20.8 Å². The molecule has 6 rings (SSSR count). The average molecular weight is 725 g/mol. The minimum absolute atomic E-state index is 0.0148. The third-order valence-corrected chi connectivity index (χ3v) is 12.4. The van der Waals surface area contributed by atoms with Crippen LogP contribution in [-0.2, 0) is 39.5 Å². The van der Waals surface area contributed by atoms with Gasteiger partial charge in [-0.2, -0.15) is 0 Å². The first-order valence-electron chi connectivity index (χ1n) is 17.6. The van der Waals surface area contributed by atoms with Crippen LogP contribution in [0.15, 0.2) is 49.1 Å². The molecule has 2 aliphatic carbocycles. The highest BCUT2D eigenvalue weighted by Crippen LogP contribution is 2.47. The maximum Gasteiger partial charge on any atom is 0.407 e. The Balaban J connectivity index is 1.39. The normalized spacial score (nSPS) is 28.9. The van der Waals surface area contributed by atoms with Crippen molar-refractivity contribution in [3.63, 3.8) is 0 Å². The van der Waals surface area contributed by atoms with E-state index in [9.17, 15) is 27.6 Å². The van der Waals surface area contributed by atoms with Crippen LogP contribution in [0.5, 0.6) is 5.75 Å². The van der Waals surface area contributed by atoms with E-state index in [-0.39, 0.29) is 26.0 Å². The molecule has 0 spiro atoms. The Morgan fingerprint density at radius 1 is 1.02 bits per heavy atom. The Morgan fingerprint density at radius 3 is 2.37 bits per heavy atom. The van der Waals surface area contributed by atoms with E-state index in [1.807, 2.05) is 36.4 Å². The molecule has 13 nitrogen and oxygen atoms in total. The molecule has 51 heavy (non-hydrogen) atoms. The number of alkyl carbamates (subject to hydrolysis) is 1. The van der Waals surface area contributed by atoms with Gasteiger partial charge in [-0.25, -0.2) is 13.2 Å². The maximum atomic E-state index is 14.7. The summed E-state index contributed by atoms with van der Waals surface area (Å²) in [4.78, 5) is 57.1. The standard InChI is InChI=1S/C37H48N4O9S/c1-6-25-20-37(25,33(44)40-51(46,47)28-14-15-28)39-31(42)29-21-36(48-5)22-41(29)32(43)30(35(2,3)4)38-34(45)50-17-9-7-8-16-49-27-13-11-23-10-12-26(36)18-24(23)19-27/h6,10-13,18-19,25,28-30H,1,7-9,14-17,20-22H2,2-5H3,(H,38,45)(H,39,42)(H,40,44)/t25-,29+,30-,36+,37-/m1/s1. The second kappa shape index (κ2) is 13.8. The summed E-state index contributed by atoms with van der Waals surface area (Å²) in [5.41, 5.74) is -2.79. The molecule has 3 fully saturated rings. The van der Waals surface area contributed by atoms with E-state index in [0.717, 1.165) is 29.2 Å². The largest absolute Gasteiger partial charge is 0.494 e. The van der Waals surface area contributed by atoms with E-state index in [1.165, 1.54) is 18.1 Å². The summed E-state index contributed by atoms with van der Waals surface area (Å²) in [6.07, 6.45) is 4.00. The number of carbonyl (C=O) groups excluding carboxylic acids is 4. The number of amides is 4. The maximum absolute atomic E-state index is 14.7. The van der Waals surface area contributed by atoms with Gasteiger partial charge in [0, 0.05) is 19.4 Å². The molecule has 0 aromatic heterocycles. The zero-order valence-electron chi connectivity index (χ0n) is 29.7. The summed E-state index contributed by atoms with van der Waals surface area (Å²) in [6, 6.07) is 9.38. The summed E-state index contributed by atoms with van der Waals surface area (Å²) in [5.74, 6) is -1.84. The number of hydrogen-bond donors (Lipinski definition) is 3. The quantitative estimate of drug-likeness (QED) is 0.361. The first kappa shape index (κ1) is 36.6. The van der Waals surface area contributed by atoms with Crippen molar-refractivity contribution in [2.24, 2.45) is 11.3 Å². The lowest BCUT2D eigenvalue weighted by Crippen LogP contribution is -2.60. The zero-order chi connectivity index (χ0) is 36.8. The van der Waals surface area contributed by atoms with Crippen LogP contribution in [0.4, 0.5) is 4.79 Å². The number of fused-ring (bicyclic) bond motifs is 5. The molecule has 5 atom stereocenters. The third kappa shape index (κ3) is 7.43. The lowest BCUT2D eigenvalue weighted by Gasteiger charge is -2.36. The van der Waals surface area contributed by atoms with Gasteiger partial charge >= 0.3 is 6.09 Å². The molecular formula is C37H48N4O9S. The van der Waals surface area contributed by atoms with Gasteiger partial charge in [-0.15, -0.1) is 6.58 Å². The van der Waals surface area contributed by atoms with Crippen molar-refractivity contribution in [2.75, 3.05) is 26.9 Å². The number of methoxy groups -OCH3 is 1. The van der Waals surface area contributed by atoms with Crippen molar-refractivity contribution in [3.05, 3.63) is 54.6 Å². The predicted molar refractivity (Wildman–Crippen MR) is 189 cm³/mol. The Morgan fingerprint density at radius 2 is 1.73 bits per heavy atom. The highest BCUT2D eigenvalue weighted by atomic mass is 32.2. The third-order valence-electron chi connectivity index (χ3n) is 10.6. The number of nitrogens with one attached hydrogen (secondary N) is 3. The van der Waals surface area contributed by atoms with Crippen LogP contribution >= 0.6 is 0 Å². The SMILES string of the molecule is C=C[C@@H]1C[C@]1(NC(=O)[C@@H]1C[C@]2(OC)CN1C(=O)[C@H](C(C)(C)C)NC(=O)OCCCCCOc1ccc3ccc2cc3c1)C(=O)NS(=O)(=O)C1CC1. The Bertz CT molecular complexity index is 1840. The van der Waals surface area contributed by atoms with Gasteiger partial charge < -0.3 is 29.7 Å². The zero-order valence-corrected chi connectivity index (χ0v) is 30.5. The molecule has 4 amide bonds. The van der Waals surface area contributed by atoms with E-state index in [4.69, 9.17) is 14.2 Å². The van der Waals surface area contributed by atoms with Crippen molar-refractivity contribution in [1.82, 2.24) is 20.3 Å². The minimum atomic E-state index is -3.90. The number of nitrogens with zero attached hydrogens (tertiary/aromatic N) is 1. The molecule has 14 heteroatoms. The molecule has 2 heterocycles. The van der Waals surface area contributed by atoms with E-state index < -0.39 is 73.6 Å². The number of benzene rings is 2. The number of rotatable bonds is 7. The highest BCUT2D eigenvalue weighted by Gasteiger charge is 2.62. The summed E-state index contributed by atoms with van der Waals surface area (Å²) in [6.45, 7) is 9.80. The number of carbonyl (C=O) groups is 4. The molecule has 0 radical (unpaired) electrons. The summed E-state index contributed by atoms with van der Waals surface area (Å²) >= 11 is 0. The van der Waals surface area contributed by atoms with Gasteiger partial charge in [-0.05, 0) is 78.5 Å². The van der Waals surface area contributed by atoms with Gasteiger partial charge in [0.15, 0.2) is 0 Å². The first-order valence-corrected chi connectivity index (χ1v) is 19.1. The number of cyclic esters (lactones) is 1. The summed E-state index contributed by atoms with van der Waals surface area (Å²) < 4.78 is 45.3. The van der Waals surface area contributed by atoms with Crippen molar-refractivity contribution in [3.8, 4) is 5.75 Å². The van der Waals surface area contributed by atoms with Crippen LogP contribution in [0.1, 0.15) is 71.3 Å². The van der Waals surface area contributed by atoms with E-state index >= 15 is 0 Å². The fourth-order valence-electron chi connectivity index (χ4n) is 7.14. The molecule has 1 saturated heterocycles. The molecule has 3 N–H and O–H groups in total. The minimum Gasteiger partial charge on any atom is -0.494 e. The second-order valence-corrected chi connectivity index (χ2v) is 17.2. The molecule has 0 unspecified atom stereocenters. The van der Waals surface area contributed by atoms with Crippen LogP contribution in [-0.4, -0.2) is 86.9 Å². The molecule has 2 aromatic carbocycles. The van der Waals surface area contributed by atoms with Crippen molar-refractivity contribution < 1.29 is 41.8 Å². The van der Waals surface area contributed by atoms with Crippen LogP contribution in [0.25, 0.3) is 10.8 Å². The Kier molecular flexibility index (Phi) is 9.88. The van der Waals surface area contributed by atoms with Crippen molar-refractivity contribution in [2.45, 2.75) is 94.2 Å². The Labute approximate surface area is 298 Å². The van der Waals surface area contributed by atoms with Crippen LogP contribution in [0, 0.1) is 11.3 Å². The predicted octanol–water partition coefficient (Wildman–Crippen LogP) is 3.66. The lowest BCUT2D eigenvalue weighted by molar-refractivity contribution is -0.143. The topological polar surface area (TPSA) is 169 Å². The van der Waals surface area contributed by atoms with Crippen LogP contribution < -0.4 is 20.1 Å². The molecule has 2 aliphatic heterocycles. The lowest BCUT2D eigenvalue weighted by atomic mass is 9.85. The van der Waals surface area contributed by atoms with Gasteiger partial charge in [-0.3, -0.25) is 19.1 Å². The Hall–Kier alpha value is -4.17. The first-order chi connectivity index (χ1) is 24.1. The smallest absolute Gasteiger partial charge is 0.407 e. The summed E-state index contributed by atoms with van der Waals surface area (Å²) in [7, 11) is -2.38. The second-order valence-electron chi connectivity index (χ2n) is 15.3. The molecule has 276 valence electrons. The van der Waals surface area contributed by atoms with Gasteiger partial charge in [0.1, 0.15) is 29.0 Å². The van der Waals surface area contributed by atoms with Crippen LogP contribution in [0.3, 0.4) is 0 Å². The van der Waals surface area contributed by atoms with Crippen molar-refractivity contribution in [1.29, 1.82) is 0 Å².